The van der Waals surface area contributed by atoms with Crippen molar-refractivity contribution in [2.45, 2.75) is 5.41 Å². The van der Waals surface area contributed by atoms with Gasteiger partial charge in [-0.2, -0.15) is 0 Å². The van der Waals surface area contributed by atoms with Crippen LogP contribution in [0.2, 0.25) is 0 Å². The number of fused-ring (bicyclic) bond motifs is 7. The fraction of sp³-hybridized carbons (Fsp3) is 0.0185. The molecule has 3 nitrogen and oxygen atoms in total. The summed E-state index contributed by atoms with van der Waals surface area (Å²) in [6, 6.07) is 75.6. The van der Waals surface area contributed by atoms with Gasteiger partial charge in [0.1, 0.15) is 0 Å². The molecule has 0 spiro atoms. The molecule has 0 unspecified atom stereocenters. The molecule has 11 rings (SSSR count). The van der Waals surface area contributed by atoms with Crippen LogP contribution in [0.1, 0.15) is 22.3 Å². The summed E-state index contributed by atoms with van der Waals surface area (Å²) in [6.45, 7) is 0. The van der Waals surface area contributed by atoms with E-state index in [4.69, 9.17) is 15.0 Å². The highest BCUT2D eigenvalue weighted by molar-refractivity contribution is 6.19. The van der Waals surface area contributed by atoms with Crippen molar-refractivity contribution < 1.29 is 0 Å². The van der Waals surface area contributed by atoms with E-state index < -0.39 is 5.41 Å². The Morgan fingerprint density at radius 2 is 0.912 bits per heavy atom. The van der Waals surface area contributed by atoms with Crippen molar-refractivity contribution >= 4 is 21.7 Å². The molecule has 0 saturated carbocycles. The minimum atomic E-state index is -0.493. The zero-order valence-corrected chi connectivity index (χ0v) is 31.0. The minimum absolute atomic E-state index is 0.493. The van der Waals surface area contributed by atoms with Crippen LogP contribution in [-0.4, -0.2) is 15.0 Å². The van der Waals surface area contributed by atoms with E-state index in [9.17, 15) is 0 Å². The molecule has 266 valence electrons. The number of pyridine rings is 1. The van der Waals surface area contributed by atoms with E-state index in [-0.39, 0.29) is 0 Å². The summed E-state index contributed by atoms with van der Waals surface area (Å²) >= 11 is 0. The van der Waals surface area contributed by atoms with Gasteiger partial charge in [0.25, 0.3) is 0 Å². The van der Waals surface area contributed by atoms with Crippen molar-refractivity contribution in [2.75, 3.05) is 0 Å². The smallest absolute Gasteiger partial charge is 0.160 e. The third-order valence-corrected chi connectivity index (χ3v) is 11.5. The standard InChI is InChI=1S/C54H35N3/c1-5-18-36(19-6-1)48-35-49(57-53(56-48)37-20-7-2-8-21-37)38-22-17-23-39(34-38)52-44-32-33-46-51(50(44)43-29-14-16-31-47(43)55-52)42-28-13-15-30-45(42)54(46,40-24-9-3-10-25-40)41-26-11-4-12-27-41/h1-35H. The number of aromatic nitrogens is 3. The van der Waals surface area contributed by atoms with Crippen LogP contribution in [0, 0.1) is 0 Å². The molecule has 8 aromatic carbocycles. The molecule has 0 N–H and O–H groups in total. The van der Waals surface area contributed by atoms with Gasteiger partial charge in [-0.05, 0) is 51.6 Å². The summed E-state index contributed by atoms with van der Waals surface area (Å²) in [7, 11) is 0. The molecule has 0 aliphatic heterocycles. The molecular weight excluding hydrogens is 691 g/mol. The van der Waals surface area contributed by atoms with Gasteiger partial charge < -0.3 is 0 Å². The van der Waals surface area contributed by atoms with Gasteiger partial charge in [0.05, 0.1) is 28.0 Å². The van der Waals surface area contributed by atoms with Crippen LogP contribution in [0.3, 0.4) is 0 Å². The molecule has 0 saturated heterocycles. The van der Waals surface area contributed by atoms with E-state index in [2.05, 4.69) is 188 Å². The van der Waals surface area contributed by atoms with Crippen LogP contribution >= 0.6 is 0 Å². The van der Waals surface area contributed by atoms with E-state index in [1.165, 1.54) is 38.8 Å². The molecule has 0 bridgehead atoms. The number of benzene rings is 8. The fourth-order valence-corrected chi connectivity index (χ4v) is 9.09. The Balaban J connectivity index is 1.17. The van der Waals surface area contributed by atoms with Crippen molar-refractivity contribution in [3.05, 3.63) is 235 Å². The van der Waals surface area contributed by atoms with Crippen molar-refractivity contribution in [3.8, 4) is 56.3 Å². The van der Waals surface area contributed by atoms with Crippen LogP contribution in [0.5, 0.6) is 0 Å². The van der Waals surface area contributed by atoms with Crippen LogP contribution in [0.4, 0.5) is 0 Å². The van der Waals surface area contributed by atoms with Crippen LogP contribution in [0.15, 0.2) is 212 Å². The Hall–Kier alpha value is -7.49. The van der Waals surface area contributed by atoms with E-state index >= 15 is 0 Å². The first-order chi connectivity index (χ1) is 28.3. The lowest BCUT2D eigenvalue weighted by Gasteiger charge is -2.34. The Morgan fingerprint density at radius 1 is 0.351 bits per heavy atom. The Morgan fingerprint density at radius 3 is 1.63 bits per heavy atom. The fourth-order valence-electron chi connectivity index (χ4n) is 9.09. The lowest BCUT2D eigenvalue weighted by Crippen LogP contribution is -2.28. The normalized spacial score (nSPS) is 12.7. The summed E-state index contributed by atoms with van der Waals surface area (Å²) in [5, 5.41) is 3.49. The molecule has 2 aromatic heterocycles. The molecule has 0 amide bonds. The van der Waals surface area contributed by atoms with Gasteiger partial charge in [-0.25, -0.2) is 15.0 Å². The van der Waals surface area contributed by atoms with Crippen LogP contribution in [-0.2, 0) is 5.41 Å². The first-order valence-corrected chi connectivity index (χ1v) is 19.4. The monoisotopic (exact) mass is 725 g/mol. The molecule has 1 aliphatic carbocycles. The van der Waals surface area contributed by atoms with Crippen LogP contribution < -0.4 is 0 Å². The van der Waals surface area contributed by atoms with E-state index in [0.717, 1.165) is 55.6 Å². The molecule has 0 radical (unpaired) electrons. The second kappa shape index (κ2) is 13.4. The van der Waals surface area contributed by atoms with Gasteiger partial charge in [-0.1, -0.05) is 194 Å². The molecule has 0 atom stereocenters. The van der Waals surface area contributed by atoms with Gasteiger partial charge >= 0.3 is 0 Å². The Kier molecular flexibility index (Phi) is 7.71. The largest absolute Gasteiger partial charge is 0.247 e. The van der Waals surface area contributed by atoms with Gasteiger partial charge in [0, 0.05) is 38.4 Å². The second-order valence-corrected chi connectivity index (χ2v) is 14.7. The maximum atomic E-state index is 5.44. The highest BCUT2D eigenvalue weighted by Crippen LogP contribution is 2.58. The number of hydrogen-bond donors (Lipinski definition) is 0. The zero-order valence-electron chi connectivity index (χ0n) is 31.0. The Bertz CT molecular complexity index is 3010. The van der Waals surface area contributed by atoms with Crippen molar-refractivity contribution in [2.24, 2.45) is 0 Å². The van der Waals surface area contributed by atoms with Crippen molar-refractivity contribution in [1.29, 1.82) is 0 Å². The maximum Gasteiger partial charge on any atom is 0.160 e. The predicted molar refractivity (Wildman–Crippen MR) is 234 cm³/mol. The van der Waals surface area contributed by atoms with Gasteiger partial charge in [0.15, 0.2) is 5.82 Å². The summed E-state index contributed by atoms with van der Waals surface area (Å²) in [5.41, 5.74) is 14.8. The third-order valence-electron chi connectivity index (χ3n) is 11.5. The summed E-state index contributed by atoms with van der Waals surface area (Å²) in [4.78, 5) is 15.6. The molecular formula is C54H35N3. The summed E-state index contributed by atoms with van der Waals surface area (Å²) in [5.74, 6) is 0.696. The number of nitrogens with zero attached hydrogens (tertiary/aromatic N) is 3. The summed E-state index contributed by atoms with van der Waals surface area (Å²) < 4.78 is 0. The van der Waals surface area contributed by atoms with Crippen LogP contribution in [0.25, 0.3) is 78.0 Å². The lowest BCUT2D eigenvalue weighted by atomic mass is 9.67. The number of rotatable bonds is 6. The molecule has 1 aliphatic rings. The minimum Gasteiger partial charge on any atom is -0.247 e. The highest BCUT2D eigenvalue weighted by Gasteiger charge is 2.46. The van der Waals surface area contributed by atoms with E-state index in [1.54, 1.807) is 0 Å². The number of hydrogen-bond acceptors (Lipinski definition) is 3. The maximum absolute atomic E-state index is 5.44. The van der Waals surface area contributed by atoms with Crippen molar-refractivity contribution in [1.82, 2.24) is 15.0 Å². The van der Waals surface area contributed by atoms with E-state index in [1.807, 2.05) is 24.3 Å². The van der Waals surface area contributed by atoms with Crippen molar-refractivity contribution in [3.63, 3.8) is 0 Å². The molecule has 2 heterocycles. The zero-order chi connectivity index (χ0) is 37.8. The Labute approximate surface area is 331 Å². The highest BCUT2D eigenvalue weighted by atomic mass is 14.9. The number of para-hydroxylation sites is 1. The average molecular weight is 726 g/mol. The first kappa shape index (κ1) is 32.9. The second-order valence-electron chi connectivity index (χ2n) is 14.7. The van der Waals surface area contributed by atoms with Gasteiger partial charge in [-0.15, -0.1) is 0 Å². The molecule has 10 aromatic rings. The molecule has 57 heavy (non-hydrogen) atoms. The quantitative estimate of drug-likeness (QED) is 0.160. The predicted octanol–water partition coefficient (Wildman–Crippen LogP) is 13.2. The topological polar surface area (TPSA) is 38.7 Å². The average Bonchev–Trinajstić information content (AvgIpc) is 3.61. The lowest BCUT2D eigenvalue weighted by molar-refractivity contribution is 0.769. The van der Waals surface area contributed by atoms with Gasteiger partial charge in [-0.3, -0.25) is 0 Å². The molecule has 3 heteroatoms. The SMILES string of the molecule is c1ccc(-c2cc(-c3cccc(-c4nc5ccccc5c5c6c(ccc45)C(c4ccccc4)(c4ccccc4)c4ccccc4-6)c3)nc(-c3ccccc3)n2)cc1. The third kappa shape index (κ3) is 5.24. The first-order valence-electron chi connectivity index (χ1n) is 19.4. The molecule has 0 fully saturated rings. The van der Waals surface area contributed by atoms with Gasteiger partial charge in [0.2, 0.25) is 0 Å². The summed E-state index contributed by atoms with van der Waals surface area (Å²) in [6.07, 6.45) is 0. The van der Waals surface area contributed by atoms with E-state index in [0.29, 0.717) is 5.82 Å².